The predicted octanol–water partition coefficient (Wildman–Crippen LogP) is 3.42. The summed E-state index contributed by atoms with van der Waals surface area (Å²) in [5.41, 5.74) is -5.48. The van der Waals surface area contributed by atoms with Crippen LogP contribution in [-0.4, -0.2) is 23.3 Å². The Labute approximate surface area is 129 Å². The third kappa shape index (κ3) is 3.47. The van der Waals surface area contributed by atoms with E-state index in [2.05, 4.69) is 4.98 Å². The molecule has 0 aromatic carbocycles. The summed E-state index contributed by atoms with van der Waals surface area (Å²) in [6.45, 7) is 6.52. The highest BCUT2D eigenvalue weighted by Crippen LogP contribution is 2.38. The average molecular weight is 341 g/mol. The van der Waals surface area contributed by atoms with Gasteiger partial charge in [-0.3, -0.25) is 4.98 Å². The van der Waals surface area contributed by atoms with Crippen molar-refractivity contribution < 1.29 is 35.7 Å². The van der Waals surface area contributed by atoms with Crippen LogP contribution in [0.25, 0.3) is 0 Å². The molecule has 2 heterocycles. The lowest BCUT2D eigenvalue weighted by Gasteiger charge is -2.32. The highest BCUT2D eigenvalue weighted by molar-refractivity contribution is 6.61. The van der Waals surface area contributed by atoms with Gasteiger partial charge in [0.25, 0.3) is 0 Å². The summed E-state index contributed by atoms with van der Waals surface area (Å²) >= 11 is 0. The molecule has 23 heavy (non-hydrogen) atoms. The molecule has 128 valence electrons. The first-order chi connectivity index (χ1) is 10.1. The van der Waals surface area contributed by atoms with E-state index in [0.29, 0.717) is 6.07 Å². The van der Waals surface area contributed by atoms with Gasteiger partial charge >= 0.3 is 19.5 Å². The fourth-order valence-electron chi connectivity index (χ4n) is 1.95. The lowest BCUT2D eigenvalue weighted by atomic mass is 9.83. The van der Waals surface area contributed by atoms with Gasteiger partial charge in [-0.05, 0) is 39.8 Å². The Morgan fingerprint density at radius 3 is 1.74 bits per heavy atom. The molecule has 1 saturated heterocycles. The van der Waals surface area contributed by atoms with E-state index in [1.807, 2.05) is 0 Å². The number of hydrogen-bond donors (Lipinski definition) is 0. The number of halogens is 6. The molecule has 2 rings (SSSR count). The fraction of sp³-hybridized carbons (Fsp3) is 0.615. The van der Waals surface area contributed by atoms with Crippen LogP contribution in [-0.2, 0) is 21.7 Å². The zero-order chi connectivity index (χ0) is 17.8. The number of hydrogen-bond acceptors (Lipinski definition) is 3. The Balaban J connectivity index is 2.51. The number of pyridine rings is 1. The lowest BCUT2D eigenvalue weighted by molar-refractivity contribution is -0.145. The maximum Gasteiger partial charge on any atom is 0.514 e. The Hall–Kier alpha value is -1.29. The van der Waals surface area contributed by atoms with Crippen molar-refractivity contribution in [1.82, 2.24) is 4.98 Å². The summed E-state index contributed by atoms with van der Waals surface area (Å²) in [6, 6.07) is 0.478. The van der Waals surface area contributed by atoms with E-state index in [9.17, 15) is 26.3 Å². The molecular weight excluding hydrogens is 327 g/mol. The topological polar surface area (TPSA) is 31.4 Å². The molecule has 0 saturated carbocycles. The van der Waals surface area contributed by atoms with Gasteiger partial charge in [-0.15, -0.1) is 0 Å². The largest absolute Gasteiger partial charge is 0.514 e. The van der Waals surface area contributed by atoms with Crippen LogP contribution in [0.4, 0.5) is 26.3 Å². The number of rotatable bonds is 1. The maximum absolute atomic E-state index is 12.9. The Morgan fingerprint density at radius 2 is 1.35 bits per heavy atom. The molecule has 0 spiro atoms. The zero-order valence-electron chi connectivity index (χ0n) is 12.8. The Kier molecular flexibility index (Phi) is 4.01. The van der Waals surface area contributed by atoms with Crippen molar-refractivity contribution in [1.29, 1.82) is 0 Å². The minimum Gasteiger partial charge on any atom is -0.398 e. The summed E-state index contributed by atoms with van der Waals surface area (Å²) in [7, 11) is -1.41. The molecule has 1 aromatic rings. The van der Waals surface area contributed by atoms with Crippen LogP contribution < -0.4 is 5.59 Å². The van der Waals surface area contributed by atoms with Crippen LogP contribution in [0.1, 0.15) is 39.0 Å². The second-order valence-electron chi connectivity index (χ2n) is 6.25. The van der Waals surface area contributed by atoms with E-state index in [1.165, 1.54) is 0 Å². The van der Waals surface area contributed by atoms with Gasteiger partial charge in [0.15, 0.2) is 0 Å². The second-order valence-corrected chi connectivity index (χ2v) is 6.25. The second kappa shape index (κ2) is 5.10. The molecule has 0 atom stereocenters. The van der Waals surface area contributed by atoms with E-state index in [-0.39, 0.29) is 6.07 Å². The van der Waals surface area contributed by atoms with E-state index >= 15 is 0 Å². The molecule has 1 aliphatic heterocycles. The molecule has 1 aliphatic rings. The summed E-state index contributed by atoms with van der Waals surface area (Å²) < 4.78 is 87.9. The molecule has 0 bridgehead atoms. The normalized spacial score (nSPS) is 20.9. The van der Waals surface area contributed by atoms with Crippen molar-refractivity contribution in [2.45, 2.75) is 51.2 Å². The van der Waals surface area contributed by atoms with Crippen LogP contribution in [0.3, 0.4) is 0 Å². The van der Waals surface area contributed by atoms with Crippen molar-refractivity contribution in [2.75, 3.05) is 0 Å². The molecule has 0 aliphatic carbocycles. The fourth-order valence-corrected chi connectivity index (χ4v) is 1.95. The van der Waals surface area contributed by atoms with Gasteiger partial charge in [-0.1, -0.05) is 0 Å². The van der Waals surface area contributed by atoms with Crippen LogP contribution in [0.5, 0.6) is 0 Å². The zero-order valence-corrected chi connectivity index (χ0v) is 12.8. The highest BCUT2D eigenvalue weighted by atomic mass is 19.4. The third-order valence-corrected chi connectivity index (χ3v) is 3.96. The van der Waals surface area contributed by atoms with Gasteiger partial charge in [0.05, 0.1) is 22.4 Å². The average Bonchev–Trinajstić information content (AvgIpc) is 2.56. The van der Waals surface area contributed by atoms with Gasteiger partial charge in [0.2, 0.25) is 0 Å². The van der Waals surface area contributed by atoms with Crippen molar-refractivity contribution in [3.8, 4) is 0 Å². The standard InChI is InChI=1S/C13H14BF6NO2/c1-10(2)11(3,4)23-14(22-10)9-6-7(12(15,16)17)5-8(21-9)13(18,19)20/h5-6H,1-4H3. The van der Waals surface area contributed by atoms with Gasteiger partial charge in [0, 0.05) is 0 Å². The predicted molar refractivity (Wildman–Crippen MR) is 70.0 cm³/mol. The van der Waals surface area contributed by atoms with Crippen molar-refractivity contribution in [3.63, 3.8) is 0 Å². The summed E-state index contributed by atoms with van der Waals surface area (Å²) in [6.07, 6.45) is -9.96. The first-order valence-corrected chi connectivity index (χ1v) is 6.65. The van der Waals surface area contributed by atoms with Gasteiger partial charge in [-0.2, -0.15) is 26.3 Å². The maximum atomic E-state index is 12.9. The summed E-state index contributed by atoms with van der Waals surface area (Å²) in [5.74, 6) is 0. The minimum atomic E-state index is -5.01. The number of alkyl halides is 6. The molecule has 0 unspecified atom stereocenters. The first kappa shape index (κ1) is 18.1. The minimum absolute atomic E-state index is 0.0330. The van der Waals surface area contributed by atoms with Crippen molar-refractivity contribution >= 4 is 12.7 Å². The van der Waals surface area contributed by atoms with E-state index < -0.39 is 47.5 Å². The van der Waals surface area contributed by atoms with Crippen LogP contribution in [0.2, 0.25) is 0 Å². The van der Waals surface area contributed by atoms with Crippen LogP contribution >= 0.6 is 0 Å². The summed E-state index contributed by atoms with van der Waals surface area (Å²) in [5, 5.41) is 0. The molecule has 1 fully saturated rings. The molecule has 0 amide bonds. The Morgan fingerprint density at radius 1 is 0.870 bits per heavy atom. The molecule has 1 aromatic heterocycles. The van der Waals surface area contributed by atoms with Gasteiger partial charge < -0.3 is 9.31 Å². The molecule has 3 nitrogen and oxygen atoms in total. The van der Waals surface area contributed by atoms with Crippen molar-refractivity contribution in [3.05, 3.63) is 23.4 Å². The highest BCUT2D eigenvalue weighted by Gasteiger charge is 2.53. The van der Waals surface area contributed by atoms with Gasteiger partial charge in [-0.25, -0.2) is 0 Å². The van der Waals surface area contributed by atoms with E-state index in [0.717, 1.165) is 0 Å². The van der Waals surface area contributed by atoms with Crippen LogP contribution in [0, 0.1) is 0 Å². The molecule has 0 radical (unpaired) electrons. The molecule has 10 heteroatoms. The van der Waals surface area contributed by atoms with Crippen molar-refractivity contribution in [2.24, 2.45) is 0 Å². The smallest absolute Gasteiger partial charge is 0.398 e. The molecular formula is C13H14BF6NO2. The lowest BCUT2D eigenvalue weighted by Crippen LogP contribution is -2.41. The SMILES string of the molecule is CC1(C)OB(c2cc(C(F)(F)F)cc(C(F)(F)F)n2)OC1(C)C. The number of aromatic nitrogens is 1. The van der Waals surface area contributed by atoms with Crippen LogP contribution in [0.15, 0.2) is 12.1 Å². The molecule has 0 N–H and O–H groups in total. The quantitative estimate of drug-likeness (QED) is 0.580. The van der Waals surface area contributed by atoms with E-state index in [1.54, 1.807) is 27.7 Å². The summed E-state index contributed by atoms with van der Waals surface area (Å²) in [4.78, 5) is 3.26. The third-order valence-electron chi connectivity index (χ3n) is 3.96. The number of nitrogens with zero attached hydrogens (tertiary/aromatic N) is 1. The van der Waals surface area contributed by atoms with Gasteiger partial charge in [0.1, 0.15) is 5.69 Å². The first-order valence-electron chi connectivity index (χ1n) is 6.65. The Bertz CT molecular complexity index is 563. The van der Waals surface area contributed by atoms with E-state index in [4.69, 9.17) is 9.31 Å². The monoisotopic (exact) mass is 341 g/mol.